The topological polar surface area (TPSA) is 78.9 Å². The summed E-state index contributed by atoms with van der Waals surface area (Å²) >= 11 is 0. The monoisotopic (exact) mass is 494 g/mol. The van der Waals surface area contributed by atoms with Crippen LogP contribution in [0.3, 0.4) is 0 Å². The number of halogens is 1. The lowest BCUT2D eigenvalue weighted by Crippen LogP contribution is -2.30. The summed E-state index contributed by atoms with van der Waals surface area (Å²) in [5.41, 5.74) is 8.13. The van der Waals surface area contributed by atoms with Crippen molar-refractivity contribution in [3.8, 4) is 28.0 Å². The van der Waals surface area contributed by atoms with Gasteiger partial charge in [0.25, 0.3) is 0 Å². The number of nitrogens with one attached hydrogen (secondary N) is 1. The van der Waals surface area contributed by atoms with E-state index in [-0.39, 0.29) is 18.8 Å². The lowest BCUT2D eigenvalue weighted by Gasteiger charge is -2.36. The largest absolute Gasteiger partial charge is 0.490 e. The SMILES string of the molecule is Cc1c(-c2c(C)c3c(c(C)c2CC(=O)O)N(S(C)=O)Cc2cccc(F)c2-3)ccc2c1NCCO2. The van der Waals surface area contributed by atoms with Crippen LogP contribution in [-0.4, -0.2) is 34.7 Å². The second-order valence-corrected chi connectivity index (χ2v) is 10.3. The molecule has 2 aliphatic heterocycles. The summed E-state index contributed by atoms with van der Waals surface area (Å²) in [6.07, 6.45) is 1.39. The molecule has 182 valence electrons. The summed E-state index contributed by atoms with van der Waals surface area (Å²) in [4.78, 5) is 12.0. The maximum absolute atomic E-state index is 15.3. The Morgan fingerprint density at radius 1 is 1.11 bits per heavy atom. The van der Waals surface area contributed by atoms with Crippen LogP contribution in [0.1, 0.15) is 27.8 Å². The van der Waals surface area contributed by atoms with Crippen molar-refractivity contribution < 1.29 is 23.2 Å². The Morgan fingerprint density at radius 3 is 2.60 bits per heavy atom. The van der Waals surface area contributed by atoms with Crippen LogP contribution in [0, 0.1) is 26.6 Å². The predicted molar refractivity (Wildman–Crippen MR) is 137 cm³/mol. The molecule has 2 aliphatic rings. The highest BCUT2D eigenvalue weighted by atomic mass is 32.2. The zero-order valence-corrected chi connectivity index (χ0v) is 20.9. The third-order valence-electron chi connectivity index (χ3n) is 7.01. The van der Waals surface area contributed by atoms with Crippen molar-refractivity contribution in [2.75, 3.05) is 29.0 Å². The number of carboxylic acid groups (broad SMARTS) is 1. The molecule has 5 rings (SSSR count). The highest BCUT2D eigenvalue weighted by Crippen LogP contribution is 2.51. The number of carbonyl (C=O) groups is 1. The molecule has 0 aliphatic carbocycles. The van der Waals surface area contributed by atoms with E-state index in [0.717, 1.165) is 39.3 Å². The second-order valence-electron chi connectivity index (χ2n) is 9.02. The van der Waals surface area contributed by atoms with Crippen molar-refractivity contribution in [1.29, 1.82) is 0 Å². The van der Waals surface area contributed by atoms with E-state index in [2.05, 4.69) is 5.32 Å². The van der Waals surface area contributed by atoms with Crippen LogP contribution < -0.4 is 14.4 Å². The van der Waals surface area contributed by atoms with Gasteiger partial charge in [0.15, 0.2) is 0 Å². The molecule has 35 heavy (non-hydrogen) atoms. The summed E-state index contributed by atoms with van der Waals surface area (Å²) < 4.78 is 35.7. The summed E-state index contributed by atoms with van der Waals surface area (Å²) in [7, 11) is -1.39. The Balaban J connectivity index is 1.91. The van der Waals surface area contributed by atoms with Gasteiger partial charge in [-0.05, 0) is 71.8 Å². The molecule has 0 radical (unpaired) electrons. The van der Waals surface area contributed by atoms with Gasteiger partial charge in [-0.25, -0.2) is 8.60 Å². The van der Waals surface area contributed by atoms with Crippen molar-refractivity contribution in [3.05, 3.63) is 64.0 Å². The van der Waals surface area contributed by atoms with E-state index in [0.29, 0.717) is 41.1 Å². The maximum Gasteiger partial charge on any atom is 0.307 e. The molecule has 1 unspecified atom stereocenters. The first-order chi connectivity index (χ1) is 16.7. The number of rotatable bonds is 4. The lowest BCUT2D eigenvalue weighted by molar-refractivity contribution is -0.136. The highest BCUT2D eigenvalue weighted by Gasteiger charge is 2.34. The number of fused-ring (bicyclic) bond motifs is 4. The summed E-state index contributed by atoms with van der Waals surface area (Å²) in [6.45, 7) is 7.27. The normalized spacial score (nSPS) is 14.8. The van der Waals surface area contributed by atoms with Crippen molar-refractivity contribution >= 4 is 28.3 Å². The number of anilines is 2. The second kappa shape index (κ2) is 8.68. The predicted octanol–water partition coefficient (Wildman–Crippen LogP) is 5.13. The molecule has 0 aromatic heterocycles. The molecule has 2 heterocycles. The minimum atomic E-state index is -1.39. The minimum Gasteiger partial charge on any atom is -0.490 e. The molecule has 0 fully saturated rings. The van der Waals surface area contributed by atoms with Crippen molar-refractivity contribution in [3.63, 3.8) is 0 Å². The fourth-order valence-corrected chi connectivity index (χ4v) is 6.28. The van der Waals surface area contributed by atoms with Crippen LogP contribution >= 0.6 is 0 Å². The standard InChI is InChI=1S/C27H27FN2O4S/c1-14-18(8-9-21-26(14)29-10-11-34-21)23-16(3)24-25-17(6-5-7-20(25)28)13-30(35(4)33)27(24)15(2)19(23)12-22(31)32/h5-9,29H,10-13H2,1-4H3,(H,31,32). The summed E-state index contributed by atoms with van der Waals surface area (Å²) in [5.74, 6) is -0.548. The van der Waals surface area contributed by atoms with Gasteiger partial charge in [-0.1, -0.05) is 18.2 Å². The molecule has 0 bridgehead atoms. The zero-order chi connectivity index (χ0) is 25.0. The van der Waals surface area contributed by atoms with E-state index in [4.69, 9.17) is 4.74 Å². The Labute approximate surface area is 206 Å². The first-order valence-electron chi connectivity index (χ1n) is 11.5. The molecule has 3 aromatic rings. The van der Waals surface area contributed by atoms with Crippen molar-refractivity contribution in [1.82, 2.24) is 0 Å². The Bertz CT molecular complexity index is 1420. The maximum atomic E-state index is 15.3. The molecule has 8 heteroatoms. The van der Waals surface area contributed by atoms with E-state index in [9.17, 15) is 14.1 Å². The Morgan fingerprint density at radius 2 is 1.89 bits per heavy atom. The molecule has 3 aromatic carbocycles. The van der Waals surface area contributed by atoms with Gasteiger partial charge in [0.2, 0.25) is 0 Å². The quantitative estimate of drug-likeness (QED) is 0.526. The van der Waals surface area contributed by atoms with Gasteiger partial charge in [-0.2, -0.15) is 0 Å². The van der Waals surface area contributed by atoms with Crippen LogP contribution in [0.2, 0.25) is 0 Å². The first kappa shape index (κ1) is 23.4. The van der Waals surface area contributed by atoms with E-state index in [1.54, 1.807) is 16.6 Å². The number of hydrogen-bond acceptors (Lipinski definition) is 4. The molecule has 0 saturated heterocycles. The number of nitrogens with zero attached hydrogens (tertiary/aromatic N) is 1. The average Bonchev–Trinajstić information content (AvgIpc) is 2.82. The zero-order valence-electron chi connectivity index (χ0n) is 20.1. The number of benzene rings is 3. The van der Waals surface area contributed by atoms with Crippen LogP contribution in [0.4, 0.5) is 15.8 Å². The third-order valence-corrected chi connectivity index (χ3v) is 7.94. The number of ether oxygens (including phenoxy) is 1. The molecule has 0 saturated carbocycles. The van der Waals surface area contributed by atoms with Crippen LogP contribution in [0.15, 0.2) is 30.3 Å². The highest BCUT2D eigenvalue weighted by molar-refractivity contribution is 7.85. The van der Waals surface area contributed by atoms with Crippen molar-refractivity contribution in [2.45, 2.75) is 33.7 Å². The van der Waals surface area contributed by atoms with Gasteiger partial charge in [0, 0.05) is 23.9 Å². The number of carboxylic acids is 1. The molecule has 0 spiro atoms. The third kappa shape index (κ3) is 3.67. The number of aliphatic carboxylic acids is 1. The van der Waals surface area contributed by atoms with Gasteiger partial charge >= 0.3 is 5.97 Å². The smallest absolute Gasteiger partial charge is 0.307 e. The fourth-order valence-electron chi connectivity index (χ4n) is 5.47. The summed E-state index contributed by atoms with van der Waals surface area (Å²) in [6, 6.07) is 8.79. The van der Waals surface area contributed by atoms with Crippen LogP contribution in [0.25, 0.3) is 22.3 Å². The Kier molecular flexibility index (Phi) is 5.79. The van der Waals surface area contributed by atoms with Crippen LogP contribution in [-0.2, 0) is 28.7 Å². The number of hydrogen-bond donors (Lipinski definition) is 2. The van der Waals surface area contributed by atoms with E-state index >= 15 is 4.39 Å². The van der Waals surface area contributed by atoms with Crippen LogP contribution in [0.5, 0.6) is 5.75 Å². The fraction of sp³-hybridized carbons (Fsp3) is 0.296. The van der Waals surface area contributed by atoms with Gasteiger partial charge in [0.05, 0.1) is 24.3 Å². The molecular weight excluding hydrogens is 467 g/mol. The molecule has 0 amide bonds. The Hall–Kier alpha value is -3.39. The molecule has 6 nitrogen and oxygen atoms in total. The van der Waals surface area contributed by atoms with E-state index < -0.39 is 17.0 Å². The van der Waals surface area contributed by atoms with Gasteiger partial charge < -0.3 is 15.2 Å². The minimum absolute atomic E-state index is 0.204. The molecule has 2 N–H and O–H groups in total. The van der Waals surface area contributed by atoms with Gasteiger partial charge in [-0.3, -0.25) is 9.10 Å². The van der Waals surface area contributed by atoms with Gasteiger partial charge in [-0.15, -0.1) is 0 Å². The molecular formula is C27H27FN2O4S. The van der Waals surface area contributed by atoms with E-state index in [1.807, 2.05) is 39.0 Å². The first-order valence-corrected chi connectivity index (χ1v) is 13.0. The summed E-state index contributed by atoms with van der Waals surface area (Å²) in [5, 5.41) is 13.2. The van der Waals surface area contributed by atoms with E-state index in [1.165, 1.54) is 6.07 Å². The van der Waals surface area contributed by atoms with Gasteiger partial charge in [0.1, 0.15) is 29.2 Å². The molecule has 1 atom stereocenters. The lowest BCUT2D eigenvalue weighted by atomic mass is 9.80. The van der Waals surface area contributed by atoms with Crippen molar-refractivity contribution in [2.24, 2.45) is 0 Å². The average molecular weight is 495 g/mol.